The van der Waals surface area contributed by atoms with Gasteiger partial charge in [-0.15, -0.1) is 0 Å². The van der Waals surface area contributed by atoms with Crippen LogP contribution in [0, 0.1) is 0 Å². The zero-order valence-electron chi connectivity index (χ0n) is 13.0. The molecule has 1 aromatic carbocycles. The second-order valence-electron chi connectivity index (χ2n) is 6.19. The first-order valence-corrected chi connectivity index (χ1v) is 8.10. The highest BCUT2D eigenvalue weighted by atomic mass is 16.1. The zero-order valence-corrected chi connectivity index (χ0v) is 13.0. The van der Waals surface area contributed by atoms with E-state index in [2.05, 4.69) is 32.9 Å². The number of fused-ring (bicyclic) bond motifs is 4. The van der Waals surface area contributed by atoms with Crippen LogP contribution in [0.1, 0.15) is 29.3 Å². The quantitative estimate of drug-likeness (QED) is 0.567. The number of hydrogen-bond donors (Lipinski definition) is 2. The monoisotopic (exact) mass is 316 g/mol. The van der Waals surface area contributed by atoms with E-state index in [9.17, 15) is 4.79 Å². The number of pyridine rings is 1. The summed E-state index contributed by atoms with van der Waals surface area (Å²) in [5.74, 6) is 0.0506. The van der Waals surface area contributed by atoms with Crippen molar-refractivity contribution in [1.29, 1.82) is 0 Å². The maximum Gasteiger partial charge on any atom is 0.221 e. The Kier molecular flexibility index (Phi) is 2.76. The van der Waals surface area contributed by atoms with E-state index in [1.807, 2.05) is 36.7 Å². The van der Waals surface area contributed by atoms with Crippen molar-refractivity contribution in [3.8, 4) is 0 Å². The average molecular weight is 316 g/mol. The predicted octanol–water partition coefficient (Wildman–Crippen LogP) is 2.97. The van der Waals surface area contributed by atoms with Crippen LogP contribution in [0.3, 0.4) is 0 Å². The molecule has 1 aliphatic heterocycles. The van der Waals surface area contributed by atoms with Crippen molar-refractivity contribution in [2.75, 3.05) is 0 Å². The van der Waals surface area contributed by atoms with E-state index in [0.717, 1.165) is 33.5 Å². The molecule has 3 aromatic heterocycles. The largest absolute Gasteiger partial charge is 0.361 e. The van der Waals surface area contributed by atoms with Gasteiger partial charge in [0.15, 0.2) is 0 Å². The van der Waals surface area contributed by atoms with Gasteiger partial charge in [-0.1, -0.05) is 18.2 Å². The first-order chi connectivity index (χ1) is 11.8. The molecule has 0 bridgehead atoms. The summed E-state index contributed by atoms with van der Waals surface area (Å²) in [6.07, 6.45) is 4.40. The number of rotatable bonds is 1. The molecule has 4 aromatic rings. The predicted molar refractivity (Wildman–Crippen MR) is 91.8 cm³/mol. The molecule has 5 rings (SSSR count). The van der Waals surface area contributed by atoms with Crippen LogP contribution in [0.4, 0.5) is 0 Å². The summed E-state index contributed by atoms with van der Waals surface area (Å²) in [6, 6.07) is 14.3. The molecule has 0 radical (unpaired) electrons. The Morgan fingerprint density at radius 2 is 2.08 bits per heavy atom. The van der Waals surface area contributed by atoms with Crippen molar-refractivity contribution in [1.82, 2.24) is 19.7 Å². The molecule has 1 aliphatic rings. The molecule has 5 nitrogen and oxygen atoms in total. The molecule has 0 spiro atoms. The third-order valence-electron chi connectivity index (χ3n) is 4.82. The van der Waals surface area contributed by atoms with Gasteiger partial charge in [-0.05, 0) is 29.8 Å². The van der Waals surface area contributed by atoms with Gasteiger partial charge in [-0.25, -0.2) is 4.98 Å². The van der Waals surface area contributed by atoms with Crippen molar-refractivity contribution < 1.29 is 4.79 Å². The van der Waals surface area contributed by atoms with E-state index in [1.54, 1.807) is 0 Å². The molecule has 2 N–H and O–H groups in total. The van der Waals surface area contributed by atoms with E-state index in [4.69, 9.17) is 4.98 Å². The highest BCUT2D eigenvalue weighted by Crippen LogP contribution is 2.36. The maximum atomic E-state index is 12.3. The number of carbonyl (C=O) groups excluding carboxylic acids is 1. The Morgan fingerprint density at radius 3 is 3.04 bits per heavy atom. The molecule has 0 fully saturated rings. The molecule has 1 unspecified atom stereocenters. The lowest BCUT2D eigenvalue weighted by Crippen LogP contribution is -2.21. The van der Waals surface area contributed by atoms with Crippen LogP contribution in [0.5, 0.6) is 0 Å². The first kappa shape index (κ1) is 13.4. The Hall–Kier alpha value is -3.08. The molecule has 0 saturated carbocycles. The van der Waals surface area contributed by atoms with E-state index < -0.39 is 0 Å². The SMILES string of the molecule is O=C1CC(c2cccc3[nH]ccc23)c2c(nc3ccccn23)CN1. The Balaban J connectivity index is 1.81. The lowest BCUT2D eigenvalue weighted by atomic mass is 9.89. The highest BCUT2D eigenvalue weighted by molar-refractivity contribution is 5.86. The molecular formula is C19H16N4O. The molecular weight excluding hydrogens is 300 g/mol. The van der Waals surface area contributed by atoms with Gasteiger partial charge >= 0.3 is 0 Å². The van der Waals surface area contributed by atoms with Crippen LogP contribution < -0.4 is 5.32 Å². The zero-order chi connectivity index (χ0) is 16.1. The van der Waals surface area contributed by atoms with Crippen molar-refractivity contribution in [3.63, 3.8) is 0 Å². The molecule has 1 atom stereocenters. The first-order valence-electron chi connectivity index (χ1n) is 8.10. The summed E-state index contributed by atoms with van der Waals surface area (Å²) in [4.78, 5) is 20.3. The van der Waals surface area contributed by atoms with Gasteiger partial charge in [-0.2, -0.15) is 0 Å². The van der Waals surface area contributed by atoms with Gasteiger partial charge in [0, 0.05) is 35.6 Å². The maximum absolute atomic E-state index is 12.3. The van der Waals surface area contributed by atoms with E-state index in [1.165, 1.54) is 0 Å². The molecule has 1 amide bonds. The number of aromatic amines is 1. The van der Waals surface area contributed by atoms with Crippen molar-refractivity contribution in [3.05, 3.63) is 71.8 Å². The van der Waals surface area contributed by atoms with E-state index in [-0.39, 0.29) is 11.8 Å². The lowest BCUT2D eigenvalue weighted by Gasteiger charge is -2.17. The number of amides is 1. The summed E-state index contributed by atoms with van der Waals surface area (Å²) < 4.78 is 2.12. The number of carbonyl (C=O) groups is 1. The smallest absolute Gasteiger partial charge is 0.221 e. The molecule has 24 heavy (non-hydrogen) atoms. The number of hydrogen-bond acceptors (Lipinski definition) is 2. The summed E-state index contributed by atoms with van der Waals surface area (Å²) >= 11 is 0. The van der Waals surface area contributed by atoms with Gasteiger partial charge < -0.3 is 14.7 Å². The summed E-state index contributed by atoms with van der Waals surface area (Å²) in [5, 5.41) is 4.14. The second kappa shape index (κ2) is 4.96. The van der Waals surface area contributed by atoms with Gasteiger partial charge in [0.05, 0.1) is 17.9 Å². The lowest BCUT2D eigenvalue weighted by molar-refractivity contribution is -0.121. The van der Waals surface area contributed by atoms with Crippen LogP contribution in [0.15, 0.2) is 54.9 Å². The van der Waals surface area contributed by atoms with Crippen LogP contribution in [0.2, 0.25) is 0 Å². The van der Waals surface area contributed by atoms with Gasteiger partial charge in [-0.3, -0.25) is 4.79 Å². The number of nitrogens with one attached hydrogen (secondary N) is 2. The van der Waals surface area contributed by atoms with Crippen LogP contribution in [0.25, 0.3) is 16.6 Å². The van der Waals surface area contributed by atoms with Crippen LogP contribution in [-0.4, -0.2) is 20.3 Å². The Labute approximate surface area is 138 Å². The number of nitrogens with zero attached hydrogens (tertiary/aromatic N) is 2. The van der Waals surface area contributed by atoms with Crippen molar-refractivity contribution >= 4 is 22.5 Å². The fourth-order valence-electron chi connectivity index (χ4n) is 3.77. The fraction of sp³-hybridized carbons (Fsp3) is 0.158. The summed E-state index contributed by atoms with van der Waals surface area (Å²) in [5.41, 5.74) is 5.23. The van der Waals surface area contributed by atoms with Crippen molar-refractivity contribution in [2.45, 2.75) is 18.9 Å². The van der Waals surface area contributed by atoms with Gasteiger partial charge in [0.2, 0.25) is 5.91 Å². The van der Waals surface area contributed by atoms with Crippen LogP contribution in [-0.2, 0) is 11.3 Å². The minimum atomic E-state index is -0.0144. The number of aromatic nitrogens is 3. The van der Waals surface area contributed by atoms with E-state index >= 15 is 0 Å². The standard InChI is InChI=1S/C19H16N4O/c24-18-10-14(12-4-3-5-15-13(12)7-8-20-15)19-16(11-21-18)22-17-6-1-2-9-23(17)19/h1-9,14,20H,10-11H2,(H,21,24). The normalized spacial score (nSPS) is 17.7. The Bertz CT molecular complexity index is 1080. The molecule has 0 aliphatic carbocycles. The third-order valence-corrected chi connectivity index (χ3v) is 4.82. The van der Waals surface area contributed by atoms with E-state index in [0.29, 0.717) is 13.0 Å². The minimum Gasteiger partial charge on any atom is -0.361 e. The van der Waals surface area contributed by atoms with Gasteiger partial charge in [0.1, 0.15) is 5.65 Å². The number of benzene rings is 1. The van der Waals surface area contributed by atoms with Crippen LogP contribution >= 0.6 is 0 Å². The molecule has 4 heterocycles. The fourth-order valence-corrected chi connectivity index (χ4v) is 3.77. The second-order valence-corrected chi connectivity index (χ2v) is 6.19. The topological polar surface area (TPSA) is 62.2 Å². The molecule has 5 heteroatoms. The van der Waals surface area contributed by atoms with Gasteiger partial charge in [0.25, 0.3) is 0 Å². The highest BCUT2D eigenvalue weighted by Gasteiger charge is 2.29. The molecule has 0 saturated heterocycles. The Morgan fingerprint density at radius 1 is 1.12 bits per heavy atom. The summed E-state index contributed by atoms with van der Waals surface area (Å²) in [7, 11) is 0. The number of H-pyrrole nitrogens is 1. The number of imidazole rings is 1. The van der Waals surface area contributed by atoms with Crippen molar-refractivity contribution in [2.24, 2.45) is 0 Å². The molecule has 118 valence electrons. The summed E-state index contributed by atoms with van der Waals surface area (Å²) in [6.45, 7) is 0.482. The minimum absolute atomic E-state index is 0.0144. The third kappa shape index (κ3) is 1.88. The average Bonchev–Trinajstić information content (AvgIpc) is 3.18.